The summed E-state index contributed by atoms with van der Waals surface area (Å²) in [5.41, 5.74) is 0.271. The van der Waals surface area contributed by atoms with E-state index in [0.29, 0.717) is 5.56 Å². The molecule has 1 N–H and O–H groups in total. The fourth-order valence-corrected chi connectivity index (χ4v) is 1.08. The molecule has 0 heterocycles. The first-order valence-corrected chi connectivity index (χ1v) is 3.81. The van der Waals surface area contributed by atoms with Crippen LogP contribution in [0.2, 0.25) is 0 Å². The van der Waals surface area contributed by atoms with Crippen LogP contribution in [-0.2, 0) is 0 Å². The molecule has 0 unspecified atom stereocenters. The molecule has 1 aromatic carbocycles. The fraction of sp³-hybridized carbons (Fsp3) is 0.222. The molecule has 0 amide bonds. The van der Waals surface area contributed by atoms with Gasteiger partial charge in [-0.2, -0.15) is 0 Å². The van der Waals surface area contributed by atoms with Crippen molar-refractivity contribution in [2.24, 2.45) is 0 Å². The normalized spacial score (nSPS) is 10.4. The van der Waals surface area contributed by atoms with Crippen molar-refractivity contribution in [1.82, 2.24) is 0 Å². The van der Waals surface area contributed by atoms with E-state index in [1.54, 1.807) is 26.0 Å². The zero-order valence-electron chi connectivity index (χ0n) is 7.44. The molecule has 1 rings (SSSR count). The number of para-hydroxylation sites is 1. The van der Waals surface area contributed by atoms with E-state index in [9.17, 15) is 15.2 Å². The van der Waals surface area contributed by atoms with Crippen molar-refractivity contribution >= 4 is 5.69 Å². The first-order chi connectivity index (χ1) is 6.04. The van der Waals surface area contributed by atoms with Crippen LogP contribution in [-0.4, -0.2) is 10.0 Å². The van der Waals surface area contributed by atoms with Crippen LogP contribution in [0.15, 0.2) is 18.2 Å². The van der Waals surface area contributed by atoms with Gasteiger partial charge in [-0.25, -0.2) is 0 Å². The molecule has 4 nitrogen and oxygen atoms in total. The van der Waals surface area contributed by atoms with E-state index in [1.807, 2.05) is 0 Å². The third-order valence-electron chi connectivity index (χ3n) is 1.75. The monoisotopic (exact) mass is 180 g/mol. The van der Waals surface area contributed by atoms with Crippen molar-refractivity contribution in [3.63, 3.8) is 0 Å². The van der Waals surface area contributed by atoms with Crippen LogP contribution in [0.25, 0.3) is 0 Å². The summed E-state index contributed by atoms with van der Waals surface area (Å²) in [7, 11) is 0. The average Bonchev–Trinajstić information content (AvgIpc) is 2.03. The van der Waals surface area contributed by atoms with Crippen molar-refractivity contribution in [3.05, 3.63) is 39.8 Å². The number of phenolic OH excluding ortho intramolecular Hbond substituents is 1. The van der Waals surface area contributed by atoms with Crippen LogP contribution in [0.4, 0.5) is 5.69 Å². The molecular formula is C9H10NO3. The van der Waals surface area contributed by atoms with Crippen LogP contribution in [0.1, 0.15) is 19.4 Å². The number of rotatable bonds is 2. The lowest BCUT2D eigenvalue weighted by Crippen LogP contribution is -1.94. The third-order valence-corrected chi connectivity index (χ3v) is 1.75. The molecule has 0 fully saturated rings. The number of benzene rings is 1. The van der Waals surface area contributed by atoms with Gasteiger partial charge in [0.25, 0.3) is 0 Å². The van der Waals surface area contributed by atoms with Crippen molar-refractivity contribution in [2.75, 3.05) is 0 Å². The van der Waals surface area contributed by atoms with E-state index in [2.05, 4.69) is 0 Å². The molecule has 4 heteroatoms. The van der Waals surface area contributed by atoms with Gasteiger partial charge in [-0.1, -0.05) is 26.0 Å². The Morgan fingerprint density at radius 2 is 2.08 bits per heavy atom. The Kier molecular flexibility index (Phi) is 2.51. The maximum atomic E-state index is 10.4. The highest BCUT2D eigenvalue weighted by atomic mass is 16.6. The Labute approximate surface area is 76.0 Å². The summed E-state index contributed by atoms with van der Waals surface area (Å²) < 4.78 is 0. The number of nitrogens with zero attached hydrogens (tertiary/aromatic N) is 1. The average molecular weight is 180 g/mol. The Balaban J connectivity index is 3.26. The van der Waals surface area contributed by atoms with E-state index in [-0.39, 0.29) is 11.4 Å². The Morgan fingerprint density at radius 3 is 2.54 bits per heavy atom. The minimum atomic E-state index is -0.595. The highest BCUT2D eigenvalue weighted by Gasteiger charge is 2.17. The van der Waals surface area contributed by atoms with Crippen molar-refractivity contribution in [2.45, 2.75) is 13.8 Å². The van der Waals surface area contributed by atoms with Gasteiger partial charge < -0.3 is 5.11 Å². The van der Waals surface area contributed by atoms with Crippen LogP contribution in [0.3, 0.4) is 0 Å². The van der Waals surface area contributed by atoms with Gasteiger partial charge in [0.15, 0.2) is 5.75 Å². The molecule has 0 saturated heterocycles. The van der Waals surface area contributed by atoms with E-state index in [0.717, 1.165) is 5.92 Å². The first kappa shape index (κ1) is 9.51. The summed E-state index contributed by atoms with van der Waals surface area (Å²) >= 11 is 0. The number of nitro groups is 1. The van der Waals surface area contributed by atoms with Crippen LogP contribution in [0, 0.1) is 16.0 Å². The lowest BCUT2D eigenvalue weighted by atomic mass is 10.0. The number of aromatic hydroxyl groups is 1. The van der Waals surface area contributed by atoms with Gasteiger partial charge in [-0.15, -0.1) is 0 Å². The summed E-state index contributed by atoms with van der Waals surface area (Å²) in [5, 5.41) is 19.9. The lowest BCUT2D eigenvalue weighted by Gasteiger charge is -2.06. The number of phenols is 1. The minimum absolute atomic E-state index is 0.251. The topological polar surface area (TPSA) is 63.4 Å². The molecule has 1 aromatic rings. The maximum absolute atomic E-state index is 10.4. The van der Waals surface area contributed by atoms with Gasteiger partial charge in [0.05, 0.1) is 4.92 Å². The highest BCUT2D eigenvalue weighted by molar-refractivity contribution is 5.54. The second-order valence-electron chi connectivity index (χ2n) is 2.93. The number of hydrogen-bond donors (Lipinski definition) is 1. The summed E-state index contributed by atoms with van der Waals surface area (Å²) in [6.45, 7) is 3.58. The first-order valence-electron chi connectivity index (χ1n) is 3.81. The second-order valence-corrected chi connectivity index (χ2v) is 2.93. The van der Waals surface area contributed by atoms with Gasteiger partial charge >= 0.3 is 5.69 Å². The molecule has 69 valence electrons. The number of hydrogen-bond acceptors (Lipinski definition) is 3. The zero-order valence-corrected chi connectivity index (χ0v) is 7.44. The quantitative estimate of drug-likeness (QED) is 0.560. The van der Waals surface area contributed by atoms with E-state index in [4.69, 9.17) is 0 Å². The summed E-state index contributed by atoms with van der Waals surface area (Å²) in [4.78, 5) is 9.84. The molecule has 0 bridgehead atoms. The molecule has 0 spiro atoms. The predicted molar refractivity (Wildman–Crippen MR) is 48.5 cm³/mol. The fourth-order valence-electron chi connectivity index (χ4n) is 1.08. The van der Waals surface area contributed by atoms with Gasteiger partial charge in [0.1, 0.15) is 0 Å². The van der Waals surface area contributed by atoms with Crippen molar-refractivity contribution < 1.29 is 10.0 Å². The van der Waals surface area contributed by atoms with E-state index < -0.39 is 4.92 Å². The third kappa shape index (κ3) is 1.77. The lowest BCUT2D eigenvalue weighted by molar-refractivity contribution is -0.385. The smallest absolute Gasteiger partial charge is 0.311 e. The molecular weight excluding hydrogens is 170 g/mol. The zero-order chi connectivity index (χ0) is 10.0. The summed E-state index contributed by atoms with van der Waals surface area (Å²) in [5.74, 6) is 0.591. The Hall–Kier alpha value is -1.58. The van der Waals surface area contributed by atoms with Gasteiger partial charge in [0, 0.05) is 17.5 Å². The van der Waals surface area contributed by atoms with Crippen LogP contribution in [0.5, 0.6) is 5.75 Å². The van der Waals surface area contributed by atoms with Gasteiger partial charge in [0.2, 0.25) is 0 Å². The molecule has 0 atom stereocenters. The molecule has 1 radical (unpaired) electrons. The highest BCUT2D eigenvalue weighted by Crippen LogP contribution is 2.33. The largest absolute Gasteiger partial charge is 0.502 e. The summed E-state index contributed by atoms with van der Waals surface area (Å²) in [6, 6.07) is 4.49. The molecule has 0 saturated carbocycles. The van der Waals surface area contributed by atoms with Crippen LogP contribution >= 0.6 is 0 Å². The van der Waals surface area contributed by atoms with E-state index in [1.165, 1.54) is 6.07 Å². The molecule has 0 aliphatic carbocycles. The summed E-state index contributed by atoms with van der Waals surface area (Å²) in [6.07, 6.45) is 0. The molecule has 0 aromatic heterocycles. The maximum Gasteiger partial charge on any atom is 0.311 e. The van der Waals surface area contributed by atoms with Crippen molar-refractivity contribution in [1.29, 1.82) is 0 Å². The van der Waals surface area contributed by atoms with E-state index >= 15 is 0 Å². The van der Waals surface area contributed by atoms with Gasteiger partial charge in [-0.3, -0.25) is 10.1 Å². The molecule has 0 aliphatic rings. The standard InChI is InChI=1S/C9H10NO3/c1-6(2)7-4-3-5-8(9(7)11)10(12)13/h3-5,11H,1-2H3. The SMILES string of the molecule is C[C](C)c1cccc([N+](=O)[O-])c1O. The van der Waals surface area contributed by atoms with Crippen LogP contribution < -0.4 is 0 Å². The minimum Gasteiger partial charge on any atom is -0.502 e. The van der Waals surface area contributed by atoms with Crippen molar-refractivity contribution in [3.8, 4) is 5.75 Å². The second kappa shape index (κ2) is 3.43. The Bertz CT molecular complexity index is 334. The Morgan fingerprint density at radius 1 is 1.46 bits per heavy atom. The molecule has 0 aliphatic heterocycles. The number of nitro benzene ring substituents is 1. The van der Waals surface area contributed by atoms with Gasteiger partial charge in [-0.05, 0) is 0 Å². The predicted octanol–water partition coefficient (Wildman–Crippen LogP) is 2.26. The molecule has 13 heavy (non-hydrogen) atoms.